The molecule has 0 saturated carbocycles. The summed E-state index contributed by atoms with van der Waals surface area (Å²) >= 11 is 0. The van der Waals surface area contributed by atoms with Crippen LogP contribution in [0.1, 0.15) is 17.2 Å². The summed E-state index contributed by atoms with van der Waals surface area (Å²) in [6, 6.07) is 11.4. The predicted octanol–water partition coefficient (Wildman–Crippen LogP) is 2.61. The third-order valence-electron chi connectivity index (χ3n) is 3.02. The average Bonchev–Trinajstić information content (AvgIpc) is 2.43. The molecule has 21 heavy (non-hydrogen) atoms. The van der Waals surface area contributed by atoms with E-state index in [0.29, 0.717) is 5.56 Å². The molecule has 1 N–H and O–H groups in total. The molecule has 2 rings (SSSR count). The zero-order valence-electron chi connectivity index (χ0n) is 11.0. The van der Waals surface area contributed by atoms with Gasteiger partial charge in [-0.3, -0.25) is 0 Å². The van der Waals surface area contributed by atoms with Crippen molar-refractivity contribution in [3.8, 4) is 0 Å². The van der Waals surface area contributed by atoms with Crippen molar-refractivity contribution in [2.45, 2.75) is 11.9 Å². The summed E-state index contributed by atoms with van der Waals surface area (Å²) in [4.78, 5) is 0. The van der Waals surface area contributed by atoms with Crippen LogP contribution < -0.4 is 0 Å². The summed E-state index contributed by atoms with van der Waals surface area (Å²) < 4.78 is 50.9. The third-order valence-corrected chi connectivity index (χ3v) is 4.57. The zero-order chi connectivity index (χ0) is 15.5. The Hall–Kier alpha value is -1.79. The van der Waals surface area contributed by atoms with Crippen molar-refractivity contribution >= 4 is 9.84 Å². The van der Waals surface area contributed by atoms with Gasteiger partial charge in [0.15, 0.2) is 9.84 Å². The van der Waals surface area contributed by atoms with Crippen LogP contribution in [-0.4, -0.2) is 19.3 Å². The van der Waals surface area contributed by atoms with Gasteiger partial charge < -0.3 is 5.11 Å². The number of hydrogen-bond donors (Lipinski definition) is 1. The van der Waals surface area contributed by atoms with E-state index >= 15 is 0 Å². The van der Waals surface area contributed by atoms with Gasteiger partial charge in [-0.05, 0) is 17.7 Å². The first-order valence-electron chi connectivity index (χ1n) is 6.25. The van der Waals surface area contributed by atoms with Gasteiger partial charge in [0.05, 0.1) is 17.6 Å². The first kappa shape index (κ1) is 15.6. The van der Waals surface area contributed by atoms with Crippen molar-refractivity contribution < 1.29 is 22.3 Å². The third kappa shape index (κ3) is 4.09. The number of sulfone groups is 1. The molecular weight excluding hydrogens is 298 g/mol. The van der Waals surface area contributed by atoms with Gasteiger partial charge in [-0.1, -0.05) is 36.4 Å². The van der Waals surface area contributed by atoms with E-state index in [4.69, 9.17) is 0 Å². The van der Waals surface area contributed by atoms with Crippen LogP contribution in [0.15, 0.2) is 48.5 Å². The molecule has 0 aliphatic heterocycles. The van der Waals surface area contributed by atoms with E-state index in [1.54, 1.807) is 30.3 Å². The Kier molecular flexibility index (Phi) is 4.69. The summed E-state index contributed by atoms with van der Waals surface area (Å²) in [6.07, 6.45) is -1.23. The fourth-order valence-corrected chi connectivity index (χ4v) is 3.47. The van der Waals surface area contributed by atoms with Gasteiger partial charge in [-0.25, -0.2) is 17.2 Å². The minimum absolute atomic E-state index is 0.440. The molecule has 0 heterocycles. The van der Waals surface area contributed by atoms with E-state index in [2.05, 4.69) is 0 Å². The van der Waals surface area contributed by atoms with Crippen LogP contribution in [-0.2, 0) is 15.6 Å². The standard InChI is InChI=1S/C15H14F2O3S/c16-13-7-4-8-14(17)12(13)9-21(19,20)10-15(18)11-5-2-1-3-6-11/h1-8,15,18H,9-10H2. The molecule has 0 fully saturated rings. The van der Waals surface area contributed by atoms with Crippen molar-refractivity contribution in [1.29, 1.82) is 0 Å². The maximum Gasteiger partial charge on any atom is 0.157 e. The average molecular weight is 312 g/mol. The van der Waals surface area contributed by atoms with Crippen LogP contribution in [0, 0.1) is 11.6 Å². The number of rotatable bonds is 5. The molecule has 0 aliphatic carbocycles. The predicted molar refractivity (Wildman–Crippen MR) is 75.3 cm³/mol. The molecule has 1 unspecified atom stereocenters. The monoisotopic (exact) mass is 312 g/mol. The van der Waals surface area contributed by atoms with E-state index in [9.17, 15) is 22.3 Å². The van der Waals surface area contributed by atoms with Gasteiger partial charge in [-0.2, -0.15) is 0 Å². The van der Waals surface area contributed by atoms with Crippen LogP contribution in [0.4, 0.5) is 8.78 Å². The largest absolute Gasteiger partial charge is 0.387 e. The zero-order valence-corrected chi connectivity index (χ0v) is 11.9. The van der Waals surface area contributed by atoms with Crippen LogP contribution in [0.25, 0.3) is 0 Å². The number of hydrogen-bond acceptors (Lipinski definition) is 3. The van der Waals surface area contributed by atoms with E-state index < -0.39 is 44.6 Å². The fourth-order valence-electron chi connectivity index (χ4n) is 1.96. The van der Waals surface area contributed by atoms with Crippen LogP contribution >= 0.6 is 0 Å². The lowest BCUT2D eigenvalue weighted by Gasteiger charge is -2.12. The highest BCUT2D eigenvalue weighted by molar-refractivity contribution is 7.90. The Balaban J connectivity index is 2.16. The highest BCUT2D eigenvalue weighted by Crippen LogP contribution is 2.20. The molecule has 0 spiro atoms. The maximum absolute atomic E-state index is 13.5. The lowest BCUT2D eigenvalue weighted by molar-refractivity contribution is 0.201. The van der Waals surface area contributed by atoms with Gasteiger partial charge in [0, 0.05) is 5.56 Å². The molecule has 1 atom stereocenters. The topological polar surface area (TPSA) is 54.4 Å². The first-order chi connectivity index (χ1) is 9.89. The van der Waals surface area contributed by atoms with Gasteiger partial charge >= 0.3 is 0 Å². The quantitative estimate of drug-likeness (QED) is 0.923. The number of halogens is 2. The minimum Gasteiger partial charge on any atom is -0.387 e. The summed E-state index contributed by atoms with van der Waals surface area (Å²) in [5.74, 6) is -3.19. The fraction of sp³-hybridized carbons (Fsp3) is 0.200. The Morgan fingerprint density at radius 2 is 1.52 bits per heavy atom. The Labute approximate surface area is 121 Å². The second-order valence-electron chi connectivity index (χ2n) is 4.68. The Morgan fingerprint density at radius 3 is 2.10 bits per heavy atom. The molecule has 112 valence electrons. The maximum atomic E-state index is 13.5. The van der Waals surface area contributed by atoms with Gasteiger partial charge in [0.1, 0.15) is 11.6 Å². The van der Waals surface area contributed by atoms with E-state index in [-0.39, 0.29) is 0 Å². The van der Waals surface area contributed by atoms with Crippen LogP contribution in [0.3, 0.4) is 0 Å². The molecule has 0 bridgehead atoms. The summed E-state index contributed by atoms with van der Waals surface area (Å²) in [5.41, 5.74) is -0.0622. The Bertz CT molecular complexity index is 695. The van der Waals surface area contributed by atoms with Gasteiger partial charge in [0.2, 0.25) is 0 Å². The molecule has 6 heteroatoms. The second-order valence-corrected chi connectivity index (χ2v) is 6.79. The van der Waals surface area contributed by atoms with Crippen molar-refractivity contribution in [1.82, 2.24) is 0 Å². The summed E-state index contributed by atoms with van der Waals surface area (Å²) in [5, 5.41) is 9.91. The van der Waals surface area contributed by atoms with Crippen molar-refractivity contribution in [2.75, 3.05) is 5.75 Å². The molecule has 0 saturated heterocycles. The summed E-state index contributed by atoms with van der Waals surface area (Å²) in [7, 11) is -3.86. The smallest absolute Gasteiger partial charge is 0.157 e. The molecule has 2 aromatic carbocycles. The number of aliphatic hydroxyl groups excluding tert-OH is 1. The normalized spacial score (nSPS) is 13.1. The van der Waals surface area contributed by atoms with E-state index in [0.717, 1.165) is 12.1 Å². The number of benzene rings is 2. The molecule has 2 aromatic rings. The highest BCUT2D eigenvalue weighted by Gasteiger charge is 2.22. The first-order valence-corrected chi connectivity index (χ1v) is 8.07. The number of aliphatic hydroxyl groups is 1. The van der Waals surface area contributed by atoms with Gasteiger partial charge in [0.25, 0.3) is 0 Å². The molecule has 0 aromatic heterocycles. The van der Waals surface area contributed by atoms with Crippen molar-refractivity contribution in [2.24, 2.45) is 0 Å². The van der Waals surface area contributed by atoms with Gasteiger partial charge in [-0.15, -0.1) is 0 Å². The highest BCUT2D eigenvalue weighted by atomic mass is 32.2. The van der Waals surface area contributed by atoms with E-state index in [1.165, 1.54) is 6.07 Å². The van der Waals surface area contributed by atoms with Crippen molar-refractivity contribution in [3.05, 3.63) is 71.3 Å². The Morgan fingerprint density at radius 1 is 0.952 bits per heavy atom. The SMILES string of the molecule is O=S(=O)(Cc1c(F)cccc1F)CC(O)c1ccccc1. The lowest BCUT2D eigenvalue weighted by atomic mass is 10.1. The van der Waals surface area contributed by atoms with E-state index in [1.807, 2.05) is 0 Å². The van der Waals surface area contributed by atoms with Crippen LogP contribution in [0.5, 0.6) is 0 Å². The van der Waals surface area contributed by atoms with Crippen molar-refractivity contribution in [3.63, 3.8) is 0 Å². The molecule has 0 amide bonds. The lowest BCUT2D eigenvalue weighted by Crippen LogP contribution is -2.17. The molecule has 3 nitrogen and oxygen atoms in total. The molecule has 0 radical (unpaired) electrons. The van der Waals surface area contributed by atoms with Crippen LogP contribution in [0.2, 0.25) is 0 Å². The minimum atomic E-state index is -3.86. The molecule has 0 aliphatic rings. The second kappa shape index (κ2) is 6.32. The summed E-state index contributed by atoms with van der Waals surface area (Å²) in [6.45, 7) is 0. The molecular formula is C15H14F2O3S.